The van der Waals surface area contributed by atoms with E-state index in [1.807, 2.05) is 0 Å². The molecule has 0 aromatic carbocycles. The van der Waals surface area contributed by atoms with Crippen LogP contribution >= 0.6 is 0 Å². The van der Waals surface area contributed by atoms with Gasteiger partial charge in [-0.25, -0.2) is 0 Å². The van der Waals surface area contributed by atoms with Gasteiger partial charge in [0.1, 0.15) is 0 Å². The van der Waals surface area contributed by atoms with Gasteiger partial charge in [0.25, 0.3) is 0 Å². The third-order valence-electron chi connectivity index (χ3n) is 4.20. The van der Waals surface area contributed by atoms with Crippen LogP contribution in [0.4, 0.5) is 0 Å². The molecule has 2 nitrogen and oxygen atoms in total. The largest absolute Gasteiger partial charge is 0.330 e. The molecule has 2 rings (SSSR count). The summed E-state index contributed by atoms with van der Waals surface area (Å²) in [7, 11) is 0. The van der Waals surface area contributed by atoms with Gasteiger partial charge in [-0.15, -0.1) is 0 Å². The highest BCUT2D eigenvalue weighted by molar-refractivity contribution is 5.14. The molecule has 4 atom stereocenters. The van der Waals surface area contributed by atoms with E-state index in [1.165, 1.54) is 6.42 Å². The van der Waals surface area contributed by atoms with Crippen molar-refractivity contribution in [3.8, 4) is 0 Å². The van der Waals surface area contributed by atoms with Crippen LogP contribution in [0.25, 0.3) is 0 Å². The summed E-state index contributed by atoms with van der Waals surface area (Å²) in [6.07, 6.45) is 1.39. The highest BCUT2D eigenvalue weighted by atomic mass is 15.3. The Bertz CT molecular complexity index is 241. The minimum atomic E-state index is 0.304. The molecule has 2 N–H and O–H groups in total. The maximum atomic E-state index is 5.96. The number of nitrogens with two attached hydrogens (primary N) is 1. The number of nitrogens with zero attached hydrogens (tertiary/aromatic N) is 1. The van der Waals surface area contributed by atoms with Crippen LogP contribution in [0, 0.1) is 17.8 Å². The topological polar surface area (TPSA) is 29.3 Å². The fraction of sp³-hybridized carbons (Fsp3) is 1.00. The van der Waals surface area contributed by atoms with Gasteiger partial charge in [0.05, 0.1) is 0 Å². The fourth-order valence-corrected chi connectivity index (χ4v) is 3.74. The second kappa shape index (κ2) is 3.46. The van der Waals surface area contributed by atoms with Crippen molar-refractivity contribution in [1.82, 2.24) is 4.90 Å². The number of hydrogen-bond donors (Lipinski definition) is 1. The van der Waals surface area contributed by atoms with Crippen molar-refractivity contribution in [2.75, 3.05) is 6.54 Å². The van der Waals surface area contributed by atoms with Gasteiger partial charge in [-0.1, -0.05) is 13.8 Å². The lowest BCUT2D eigenvalue weighted by Crippen LogP contribution is -2.51. The molecule has 88 valence electrons. The third kappa shape index (κ3) is 1.72. The SMILES string of the molecule is CC(C)C1[C@H](CN)[C@H]2CC2N1C(C)(C)C. The first-order chi connectivity index (χ1) is 6.88. The molecule has 2 aliphatic rings. The standard InChI is InChI=1S/C13H26N2/c1-8(2)12-10(7-14)9-6-11(9)15(12)13(3,4)5/h8-12H,6-7,14H2,1-5H3/t9-,10-,11?,12?/m1/s1. The van der Waals surface area contributed by atoms with Gasteiger partial charge < -0.3 is 5.73 Å². The average molecular weight is 210 g/mol. The second-order valence-corrected chi connectivity index (χ2v) is 6.68. The van der Waals surface area contributed by atoms with Crippen LogP contribution in [0.15, 0.2) is 0 Å². The van der Waals surface area contributed by atoms with E-state index in [9.17, 15) is 0 Å². The van der Waals surface area contributed by atoms with Crippen LogP contribution in [0.1, 0.15) is 41.0 Å². The molecule has 1 aliphatic heterocycles. The van der Waals surface area contributed by atoms with Crippen molar-refractivity contribution in [3.05, 3.63) is 0 Å². The van der Waals surface area contributed by atoms with Gasteiger partial charge in [0, 0.05) is 17.6 Å². The Morgan fingerprint density at radius 2 is 1.93 bits per heavy atom. The summed E-state index contributed by atoms with van der Waals surface area (Å²) in [5, 5.41) is 0. The average Bonchev–Trinajstić information content (AvgIpc) is 2.76. The van der Waals surface area contributed by atoms with Gasteiger partial charge in [0.2, 0.25) is 0 Å². The Balaban J connectivity index is 2.23. The van der Waals surface area contributed by atoms with E-state index >= 15 is 0 Å². The second-order valence-electron chi connectivity index (χ2n) is 6.68. The Hall–Kier alpha value is -0.0800. The molecule has 1 heterocycles. The van der Waals surface area contributed by atoms with Gasteiger partial charge in [0.15, 0.2) is 0 Å². The minimum absolute atomic E-state index is 0.304. The Kier molecular flexibility index (Phi) is 2.63. The molecule has 15 heavy (non-hydrogen) atoms. The first-order valence-electron chi connectivity index (χ1n) is 6.36. The molecule has 1 aliphatic carbocycles. The third-order valence-corrected chi connectivity index (χ3v) is 4.20. The van der Waals surface area contributed by atoms with Crippen molar-refractivity contribution in [2.45, 2.75) is 58.7 Å². The zero-order valence-corrected chi connectivity index (χ0v) is 10.8. The van der Waals surface area contributed by atoms with Gasteiger partial charge >= 0.3 is 0 Å². The summed E-state index contributed by atoms with van der Waals surface area (Å²) in [6.45, 7) is 12.6. The quantitative estimate of drug-likeness (QED) is 0.756. The van der Waals surface area contributed by atoms with E-state index in [2.05, 4.69) is 39.5 Å². The maximum Gasteiger partial charge on any atom is 0.0170 e. The lowest BCUT2D eigenvalue weighted by atomic mass is 9.86. The molecule has 0 bridgehead atoms. The van der Waals surface area contributed by atoms with E-state index in [0.29, 0.717) is 11.6 Å². The van der Waals surface area contributed by atoms with Crippen LogP contribution in [-0.2, 0) is 0 Å². The number of hydrogen-bond acceptors (Lipinski definition) is 2. The van der Waals surface area contributed by atoms with Gasteiger partial charge in [-0.2, -0.15) is 0 Å². The van der Waals surface area contributed by atoms with Crippen molar-refractivity contribution >= 4 is 0 Å². The summed E-state index contributed by atoms with van der Waals surface area (Å²) in [4.78, 5) is 2.75. The van der Waals surface area contributed by atoms with E-state index in [1.54, 1.807) is 0 Å². The predicted octanol–water partition coefficient (Wildman–Crippen LogP) is 2.09. The van der Waals surface area contributed by atoms with Crippen molar-refractivity contribution in [3.63, 3.8) is 0 Å². The molecule has 0 aromatic rings. The first-order valence-corrected chi connectivity index (χ1v) is 6.36. The lowest BCUT2D eigenvalue weighted by Gasteiger charge is -2.43. The number of likely N-dealkylation sites (tertiary alicyclic amines) is 1. The fourth-order valence-electron chi connectivity index (χ4n) is 3.74. The van der Waals surface area contributed by atoms with E-state index in [4.69, 9.17) is 5.73 Å². The highest BCUT2D eigenvalue weighted by Gasteiger charge is 2.60. The van der Waals surface area contributed by atoms with Gasteiger partial charge in [-0.3, -0.25) is 4.90 Å². The predicted molar refractivity (Wildman–Crippen MR) is 64.7 cm³/mol. The zero-order chi connectivity index (χ0) is 11.4. The van der Waals surface area contributed by atoms with E-state index in [-0.39, 0.29) is 0 Å². The monoisotopic (exact) mass is 210 g/mol. The summed E-state index contributed by atoms with van der Waals surface area (Å²) < 4.78 is 0. The smallest absolute Gasteiger partial charge is 0.0170 e. The molecule has 2 heteroatoms. The van der Waals surface area contributed by atoms with Crippen molar-refractivity contribution < 1.29 is 0 Å². The molecule has 1 saturated heterocycles. The normalized spacial score (nSPS) is 41.0. The van der Waals surface area contributed by atoms with Crippen LogP contribution in [0.2, 0.25) is 0 Å². The Labute approximate surface area is 94.2 Å². The molecule has 0 spiro atoms. The summed E-state index contributed by atoms with van der Waals surface area (Å²) in [6, 6.07) is 1.55. The van der Waals surface area contributed by atoms with Crippen LogP contribution < -0.4 is 5.73 Å². The molecule has 0 amide bonds. The van der Waals surface area contributed by atoms with E-state index in [0.717, 1.165) is 30.3 Å². The van der Waals surface area contributed by atoms with Crippen LogP contribution in [0.3, 0.4) is 0 Å². The molecule has 2 fully saturated rings. The zero-order valence-electron chi connectivity index (χ0n) is 10.8. The van der Waals surface area contributed by atoms with E-state index < -0.39 is 0 Å². The van der Waals surface area contributed by atoms with Crippen LogP contribution in [0.5, 0.6) is 0 Å². The summed E-state index contributed by atoms with van der Waals surface area (Å²) in [5.41, 5.74) is 6.26. The molecular formula is C13H26N2. The minimum Gasteiger partial charge on any atom is -0.330 e. The maximum absolute atomic E-state index is 5.96. The van der Waals surface area contributed by atoms with Gasteiger partial charge in [-0.05, 0) is 51.5 Å². The molecule has 2 unspecified atom stereocenters. The molecular weight excluding hydrogens is 184 g/mol. The molecule has 0 aromatic heterocycles. The number of rotatable bonds is 2. The first kappa shape index (κ1) is 11.4. The lowest BCUT2D eigenvalue weighted by molar-refractivity contribution is 0.0526. The summed E-state index contributed by atoms with van der Waals surface area (Å²) >= 11 is 0. The molecule has 0 radical (unpaired) electrons. The van der Waals surface area contributed by atoms with Crippen LogP contribution in [-0.4, -0.2) is 29.1 Å². The van der Waals surface area contributed by atoms with Crippen molar-refractivity contribution in [2.24, 2.45) is 23.5 Å². The number of fused-ring (bicyclic) bond motifs is 1. The Morgan fingerprint density at radius 3 is 2.33 bits per heavy atom. The summed E-state index contributed by atoms with van der Waals surface area (Å²) in [5.74, 6) is 2.38. The highest BCUT2D eigenvalue weighted by Crippen LogP contribution is 2.55. The Morgan fingerprint density at radius 1 is 1.33 bits per heavy atom. The number of piperidine rings is 1. The molecule has 1 saturated carbocycles. The van der Waals surface area contributed by atoms with Crippen molar-refractivity contribution in [1.29, 1.82) is 0 Å².